The Morgan fingerprint density at radius 2 is 1.62 bits per heavy atom. The van der Waals surface area contributed by atoms with Crippen LogP contribution in [0.3, 0.4) is 0 Å². The van der Waals surface area contributed by atoms with Crippen molar-refractivity contribution in [1.29, 1.82) is 0 Å². The molecule has 0 aliphatic heterocycles. The molecule has 128 valence electrons. The van der Waals surface area contributed by atoms with Gasteiger partial charge in [0.25, 0.3) is 0 Å². The highest BCUT2D eigenvalue weighted by Gasteiger charge is 2.02. The molecule has 0 unspecified atom stereocenters. The zero-order valence-electron chi connectivity index (χ0n) is 14.6. The molecule has 0 atom stereocenters. The fraction of sp³-hybridized carbons (Fsp3) is 0.400. The summed E-state index contributed by atoms with van der Waals surface area (Å²) in [5.41, 5.74) is 0.961. The molecule has 0 amide bonds. The molecule has 0 N–H and O–H groups in total. The van der Waals surface area contributed by atoms with Crippen LogP contribution < -0.4 is 9.47 Å². The lowest BCUT2D eigenvalue weighted by Crippen LogP contribution is -1.96. The van der Waals surface area contributed by atoms with Gasteiger partial charge in [-0.1, -0.05) is 26.7 Å². The van der Waals surface area contributed by atoms with Crippen molar-refractivity contribution in [2.24, 2.45) is 0 Å². The molecule has 0 fully saturated rings. The number of allylic oxidation sites excluding steroid dienone is 1. The Morgan fingerprint density at radius 3 is 2.29 bits per heavy atom. The molecule has 0 aliphatic rings. The van der Waals surface area contributed by atoms with Crippen LogP contribution >= 0.6 is 0 Å². The molecule has 1 heterocycles. The van der Waals surface area contributed by atoms with Gasteiger partial charge in [-0.2, -0.15) is 0 Å². The summed E-state index contributed by atoms with van der Waals surface area (Å²) in [6.45, 7) is 5.08. The molecule has 0 saturated heterocycles. The molecule has 0 saturated carbocycles. The van der Waals surface area contributed by atoms with E-state index >= 15 is 0 Å². The van der Waals surface area contributed by atoms with Gasteiger partial charge >= 0.3 is 0 Å². The molecular formula is C20H26N2O2. The highest BCUT2D eigenvalue weighted by molar-refractivity contribution is 5.56. The number of nitrogens with zero attached hydrogens (tertiary/aromatic N) is 2. The van der Waals surface area contributed by atoms with Crippen molar-refractivity contribution < 1.29 is 9.47 Å². The lowest BCUT2D eigenvalue weighted by molar-refractivity contribution is 0.309. The molecule has 24 heavy (non-hydrogen) atoms. The Balaban J connectivity index is 1.89. The van der Waals surface area contributed by atoms with E-state index < -0.39 is 0 Å². The van der Waals surface area contributed by atoms with Crippen LogP contribution in [0.15, 0.2) is 49.0 Å². The molecule has 0 aliphatic carbocycles. The Hall–Kier alpha value is -2.36. The number of hydrogen-bond acceptors (Lipinski definition) is 4. The standard InChI is InChI=1S/C20H26N2O2/c1-3-5-7-8-14-24-19-15-21-20(22-16-19)17-9-11-18(12-10-17)23-13-6-4-2/h8-12,14-16H,3-7,13H2,1-2H3/b14-8+. The number of ether oxygens (including phenoxy) is 2. The molecule has 4 nitrogen and oxygen atoms in total. The van der Waals surface area contributed by atoms with E-state index in [1.165, 1.54) is 12.8 Å². The van der Waals surface area contributed by atoms with Gasteiger partial charge in [0.1, 0.15) is 5.75 Å². The Kier molecular flexibility index (Phi) is 7.81. The second-order valence-corrected chi connectivity index (χ2v) is 5.60. The molecule has 4 heteroatoms. The zero-order chi connectivity index (χ0) is 17.0. The minimum absolute atomic E-state index is 0.644. The van der Waals surface area contributed by atoms with E-state index in [0.717, 1.165) is 37.2 Å². The van der Waals surface area contributed by atoms with E-state index in [4.69, 9.17) is 9.47 Å². The highest BCUT2D eigenvalue weighted by atomic mass is 16.5. The van der Waals surface area contributed by atoms with E-state index in [1.54, 1.807) is 18.7 Å². The maximum absolute atomic E-state index is 5.66. The predicted octanol–water partition coefficient (Wildman–Crippen LogP) is 5.41. The summed E-state index contributed by atoms with van der Waals surface area (Å²) < 4.78 is 11.2. The molecule has 0 spiro atoms. The zero-order valence-corrected chi connectivity index (χ0v) is 14.6. The molecule has 0 bridgehead atoms. The fourth-order valence-electron chi connectivity index (χ4n) is 2.08. The summed E-state index contributed by atoms with van der Waals surface area (Å²) in [5.74, 6) is 2.20. The van der Waals surface area contributed by atoms with Crippen LogP contribution in [-0.2, 0) is 0 Å². The molecule has 1 aromatic carbocycles. The molecule has 2 aromatic rings. The molecule has 0 radical (unpaired) electrons. The van der Waals surface area contributed by atoms with Crippen LogP contribution in [0.25, 0.3) is 11.4 Å². The van der Waals surface area contributed by atoms with Crippen molar-refractivity contribution in [2.45, 2.75) is 46.0 Å². The largest absolute Gasteiger partial charge is 0.494 e. The first-order valence-electron chi connectivity index (χ1n) is 8.70. The number of aromatic nitrogens is 2. The smallest absolute Gasteiger partial charge is 0.163 e. The average molecular weight is 326 g/mol. The Bertz CT molecular complexity index is 607. The van der Waals surface area contributed by atoms with Gasteiger partial charge in [-0.25, -0.2) is 9.97 Å². The summed E-state index contributed by atoms with van der Waals surface area (Å²) in [7, 11) is 0. The van der Waals surface area contributed by atoms with Crippen LogP contribution in [0.1, 0.15) is 46.0 Å². The third kappa shape index (κ3) is 6.03. The van der Waals surface area contributed by atoms with Crippen LogP contribution in [-0.4, -0.2) is 16.6 Å². The minimum atomic E-state index is 0.644. The van der Waals surface area contributed by atoms with E-state index in [2.05, 4.69) is 23.8 Å². The number of benzene rings is 1. The van der Waals surface area contributed by atoms with Gasteiger partial charge in [-0.15, -0.1) is 0 Å². The van der Waals surface area contributed by atoms with Gasteiger partial charge in [0.15, 0.2) is 11.6 Å². The van der Waals surface area contributed by atoms with E-state index in [0.29, 0.717) is 11.6 Å². The second kappa shape index (κ2) is 10.4. The van der Waals surface area contributed by atoms with E-state index in [9.17, 15) is 0 Å². The molecule has 1 aromatic heterocycles. The number of unbranched alkanes of at least 4 members (excludes halogenated alkanes) is 3. The topological polar surface area (TPSA) is 44.2 Å². The first-order chi connectivity index (χ1) is 11.8. The quantitative estimate of drug-likeness (QED) is 0.433. The third-order valence-corrected chi connectivity index (χ3v) is 3.53. The lowest BCUT2D eigenvalue weighted by atomic mass is 10.2. The normalized spacial score (nSPS) is 10.9. The fourth-order valence-corrected chi connectivity index (χ4v) is 2.08. The van der Waals surface area contributed by atoms with Crippen molar-refractivity contribution in [1.82, 2.24) is 9.97 Å². The van der Waals surface area contributed by atoms with Gasteiger partial charge in [-0.05, 0) is 49.6 Å². The van der Waals surface area contributed by atoms with Crippen LogP contribution in [0.2, 0.25) is 0 Å². The van der Waals surface area contributed by atoms with Gasteiger partial charge in [0, 0.05) is 5.56 Å². The third-order valence-electron chi connectivity index (χ3n) is 3.53. The van der Waals surface area contributed by atoms with E-state index in [-0.39, 0.29) is 0 Å². The van der Waals surface area contributed by atoms with Gasteiger partial charge in [-0.3, -0.25) is 0 Å². The minimum Gasteiger partial charge on any atom is -0.494 e. The summed E-state index contributed by atoms with van der Waals surface area (Å²) in [4.78, 5) is 8.72. The van der Waals surface area contributed by atoms with Crippen molar-refractivity contribution in [3.63, 3.8) is 0 Å². The van der Waals surface area contributed by atoms with Crippen LogP contribution in [0.5, 0.6) is 11.5 Å². The summed E-state index contributed by atoms with van der Waals surface area (Å²) in [6.07, 6.45) is 12.7. The van der Waals surface area contributed by atoms with Crippen molar-refractivity contribution in [3.8, 4) is 22.9 Å². The first-order valence-corrected chi connectivity index (χ1v) is 8.70. The average Bonchev–Trinajstić information content (AvgIpc) is 2.63. The molecular weight excluding hydrogens is 300 g/mol. The second-order valence-electron chi connectivity index (χ2n) is 5.60. The van der Waals surface area contributed by atoms with Crippen LogP contribution in [0, 0.1) is 0 Å². The first kappa shape index (κ1) is 18.0. The summed E-state index contributed by atoms with van der Waals surface area (Å²) in [5, 5.41) is 0. The Labute approximate surface area is 144 Å². The van der Waals surface area contributed by atoms with Crippen molar-refractivity contribution in [3.05, 3.63) is 49.0 Å². The monoisotopic (exact) mass is 326 g/mol. The highest BCUT2D eigenvalue weighted by Crippen LogP contribution is 2.20. The maximum atomic E-state index is 5.66. The number of hydrogen-bond donors (Lipinski definition) is 0. The molecule has 2 rings (SSSR count). The summed E-state index contributed by atoms with van der Waals surface area (Å²) in [6, 6.07) is 7.86. The predicted molar refractivity (Wildman–Crippen MR) is 97.2 cm³/mol. The SMILES string of the molecule is CCCC/C=C/Oc1cnc(-c2ccc(OCCCC)cc2)nc1. The van der Waals surface area contributed by atoms with Gasteiger partial charge in [0.05, 0.1) is 25.3 Å². The number of rotatable bonds is 10. The lowest BCUT2D eigenvalue weighted by Gasteiger charge is -2.06. The van der Waals surface area contributed by atoms with Crippen molar-refractivity contribution in [2.75, 3.05) is 6.61 Å². The van der Waals surface area contributed by atoms with Gasteiger partial charge in [0.2, 0.25) is 0 Å². The Morgan fingerprint density at radius 1 is 0.917 bits per heavy atom. The van der Waals surface area contributed by atoms with Crippen molar-refractivity contribution >= 4 is 0 Å². The van der Waals surface area contributed by atoms with Gasteiger partial charge < -0.3 is 9.47 Å². The van der Waals surface area contributed by atoms with E-state index in [1.807, 2.05) is 30.3 Å². The maximum Gasteiger partial charge on any atom is 0.163 e. The van der Waals surface area contributed by atoms with Crippen LogP contribution in [0.4, 0.5) is 0 Å². The summed E-state index contributed by atoms with van der Waals surface area (Å²) >= 11 is 0.